The number of nitrogens with zero attached hydrogens (tertiary/aromatic N) is 1. The van der Waals surface area contributed by atoms with Crippen molar-refractivity contribution >= 4 is 29.6 Å². The number of anilines is 1. The van der Waals surface area contributed by atoms with E-state index in [1.807, 2.05) is 13.8 Å². The highest BCUT2D eigenvalue weighted by atomic mass is 32.1. The van der Waals surface area contributed by atoms with Gasteiger partial charge in [0.2, 0.25) is 0 Å². The molecule has 1 aromatic rings. The van der Waals surface area contributed by atoms with Gasteiger partial charge in [0.05, 0.1) is 0 Å². The molecule has 0 aliphatic heterocycles. The second-order valence-corrected chi connectivity index (χ2v) is 4.77. The second kappa shape index (κ2) is 7.79. The topological polar surface area (TPSA) is 58.6 Å². The number of hydrogen-bond donors (Lipinski definition) is 2. The highest BCUT2D eigenvalue weighted by Gasteiger charge is 2.12. The van der Waals surface area contributed by atoms with Crippen molar-refractivity contribution in [2.75, 3.05) is 11.9 Å². The number of rotatable bonds is 5. The van der Waals surface area contributed by atoms with Crippen LogP contribution in [0, 0.1) is 0 Å². The SMILES string of the molecule is CCC(CC)NC(=O)Oc1cccc(N(C)C(=O)S)c1. The van der Waals surface area contributed by atoms with Gasteiger partial charge in [-0.3, -0.25) is 4.79 Å². The van der Waals surface area contributed by atoms with Gasteiger partial charge in [-0.2, -0.15) is 0 Å². The van der Waals surface area contributed by atoms with Crippen molar-refractivity contribution in [3.63, 3.8) is 0 Å². The lowest BCUT2D eigenvalue weighted by Gasteiger charge is -2.16. The van der Waals surface area contributed by atoms with Gasteiger partial charge >= 0.3 is 6.09 Å². The van der Waals surface area contributed by atoms with Gasteiger partial charge in [0.25, 0.3) is 5.24 Å². The predicted octanol–water partition coefficient (Wildman–Crippen LogP) is 3.45. The van der Waals surface area contributed by atoms with Crippen LogP contribution in [0.25, 0.3) is 0 Å². The maximum absolute atomic E-state index is 11.7. The van der Waals surface area contributed by atoms with Crippen LogP contribution in [-0.2, 0) is 0 Å². The fourth-order valence-corrected chi connectivity index (χ4v) is 1.78. The number of ether oxygens (including phenoxy) is 1. The average molecular weight is 296 g/mol. The van der Waals surface area contributed by atoms with Crippen LogP contribution in [0.2, 0.25) is 0 Å². The first kappa shape index (κ1) is 16.4. The molecule has 0 radical (unpaired) electrons. The highest BCUT2D eigenvalue weighted by Crippen LogP contribution is 2.21. The van der Waals surface area contributed by atoms with E-state index >= 15 is 0 Å². The van der Waals surface area contributed by atoms with Crippen LogP contribution in [-0.4, -0.2) is 24.4 Å². The van der Waals surface area contributed by atoms with Gasteiger partial charge in [-0.1, -0.05) is 32.5 Å². The Labute approximate surface area is 124 Å². The van der Waals surface area contributed by atoms with E-state index in [0.717, 1.165) is 12.8 Å². The summed E-state index contributed by atoms with van der Waals surface area (Å²) >= 11 is 3.75. The van der Waals surface area contributed by atoms with Crippen LogP contribution >= 0.6 is 12.6 Å². The lowest BCUT2D eigenvalue weighted by atomic mass is 10.2. The third-order valence-electron chi connectivity index (χ3n) is 3.01. The highest BCUT2D eigenvalue weighted by molar-refractivity contribution is 7.96. The Kier molecular flexibility index (Phi) is 6.38. The Morgan fingerprint density at radius 3 is 2.55 bits per heavy atom. The van der Waals surface area contributed by atoms with Crippen molar-refractivity contribution in [2.45, 2.75) is 32.7 Å². The molecule has 0 saturated carbocycles. The van der Waals surface area contributed by atoms with Crippen LogP contribution in [0.5, 0.6) is 5.75 Å². The first-order chi connectivity index (χ1) is 9.47. The summed E-state index contributed by atoms with van der Waals surface area (Å²) in [6.07, 6.45) is 1.21. The van der Waals surface area contributed by atoms with Crippen LogP contribution in [0.15, 0.2) is 24.3 Å². The predicted molar refractivity (Wildman–Crippen MR) is 82.8 cm³/mol. The van der Waals surface area contributed by atoms with Crippen LogP contribution in [0.1, 0.15) is 26.7 Å². The van der Waals surface area contributed by atoms with Gasteiger partial charge < -0.3 is 15.0 Å². The Bertz CT molecular complexity index is 475. The van der Waals surface area contributed by atoms with E-state index < -0.39 is 6.09 Å². The minimum absolute atomic E-state index is 0.104. The van der Waals surface area contributed by atoms with Crippen molar-refractivity contribution in [1.82, 2.24) is 5.32 Å². The summed E-state index contributed by atoms with van der Waals surface area (Å²) in [4.78, 5) is 24.3. The van der Waals surface area contributed by atoms with Crippen molar-refractivity contribution in [3.05, 3.63) is 24.3 Å². The number of carbonyl (C=O) groups is 2. The van der Waals surface area contributed by atoms with Gasteiger partial charge in [0.15, 0.2) is 0 Å². The van der Waals surface area contributed by atoms with Gasteiger partial charge in [-0.15, -0.1) is 0 Å². The molecule has 5 nitrogen and oxygen atoms in total. The standard InChI is InChI=1S/C14H20N2O3S/c1-4-10(5-2)15-13(17)19-12-8-6-7-11(9-12)16(3)14(18)20/h6-10H,4-5H2,1-3H3,(H,15,17)(H,18,20). The molecule has 6 heteroatoms. The number of carbonyl (C=O) groups excluding carboxylic acids is 2. The molecule has 110 valence electrons. The number of amides is 2. The van der Waals surface area contributed by atoms with Crippen LogP contribution in [0.4, 0.5) is 15.3 Å². The summed E-state index contributed by atoms with van der Waals surface area (Å²) in [5.74, 6) is 0.382. The van der Waals surface area contributed by atoms with E-state index in [4.69, 9.17) is 4.74 Å². The van der Waals surface area contributed by atoms with Gasteiger partial charge in [0.1, 0.15) is 5.75 Å². The van der Waals surface area contributed by atoms with E-state index in [2.05, 4.69) is 17.9 Å². The minimum atomic E-state index is -0.490. The zero-order chi connectivity index (χ0) is 15.1. The smallest absolute Gasteiger partial charge is 0.410 e. The summed E-state index contributed by atoms with van der Waals surface area (Å²) in [5.41, 5.74) is 0.609. The quantitative estimate of drug-likeness (QED) is 0.818. The Morgan fingerprint density at radius 1 is 1.35 bits per heavy atom. The van der Waals surface area contributed by atoms with E-state index in [0.29, 0.717) is 11.4 Å². The molecule has 1 N–H and O–H groups in total. The third kappa shape index (κ3) is 4.77. The second-order valence-electron chi connectivity index (χ2n) is 4.39. The largest absolute Gasteiger partial charge is 0.412 e. The van der Waals surface area contributed by atoms with Crippen LogP contribution < -0.4 is 15.0 Å². The summed E-state index contributed by atoms with van der Waals surface area (Å²) < 4.78 is 5.21. The summed E-state index contributed by atoms with van der Waals surface area (Å²) in [7, 11) is 1.60. The minimum Gasteiger partial charge on any atom is -0.410 e. The van der Waals surface area contributed by atoms with Crippen molar-refractivity contribution < 1.29 is 14.3 Å². The Balaban J connectivity index is 2.71. The molecule has 0 saturated heterocycles. The summed E-state index contributed by atoms with van der Waals surface area (Å²) in [6.45, 7) is 4.00. The molecule has 0 aromatic heterocycles. The van der Waals surface area contributed by atoms with Gasteiger partial charge in [0, 0.05) is 24.8 Å². The molecule has 1 aromatic carbocycles. The van der Waals surface area contributed by atoms with E-state index in [-0.39, 0.29) is 11.3 Å². The zero-order valence-corrected chi connectivity index (χ0v) is 12.8. The molecule has 0 spiro atoms. The van der Waals surface area contributed by atoms with Crippen molar-refractivity contribution in [1.29, 1.82) is 0 Å². The molecule has 0 heterocycles. The number of thiol groups is 1. The molecule has 1 rings (SSSR count). The van der Waals surface area contributed by atoms with Gasteiger partial charge in [-0.25, -0.2) is 4.79 Å². The van der Waals surface area contributed by atoms with E-state index in [1.165, 1.54) is 4.90 Å². The van der Waals surface area contributed by atoms with Gasteiger partial charge in [-0.05, 0) is 25.0 Å². The molecule has 0 aliphatic rings. The fourth-order valence-electron chi connectivity index (χ4n) is 1.66. The Hall–Kier alpha value is -1.69. The summed E-state index contributed by atoms with van der Waals surface area (Å²) in [5, 5.41) is 2.39. The molecular formula is C14H20N2O3S. The number of nitrogens with one attached hydrogen (secondary N) is 1. The number of benzene rings is 1. The molecule has 0 aliphatic carbocycles. The first-order valence-corrected chi connectivity index (χ1v) is 6.97. The maximum atomic E-state index is 11.7. The monoisotopic (exact) mass is 296 g/mol. The third-order valence-corrected chi connectivity index (χ3v) is 3.31. The van der Waals surface area contributed by atoms with E-state index in [1.54, 1.807) is 31.3 Å². The zero-order valence-electron chi connectivity index (χ0n) is 11.9. The lowest BCUT2D eigenvalue weighted by Crippen LogP contribution is -2.35. The van der Waals surface area contributed by atoms with E-state index in [9.17, 15) is 9.59 Å². The van der Waals surface area contributed by atoms with Crippen LogP contribution in [0.3, 0.4) is 0 Å². The number of hydrogen-bond acceptors (Lipinski definition) is 3. The lowest BCUT2D eigenvalue weighted by molar-refractivity contribution is 0.195. The normalized spacial score (nSPS) is 10.2. The molecule has 0 fully saturated rings. The molecule has 0 unspecified atom stereocenters. The average Bonchev–Trinajstić information content (AvgIpc) is 2.44. The van der Waals surface area contributed by atoms with Crippen molar-refractivity contribution in [2.24, 2.45) is 0 Å². The fraction of sp³-hybridized carbons (Fsp3) is 0.429. The Morgan fingerprint density at radius 2 is 2.00 bits per heavy atom. The molecule has 20 heavy (non-hydrogen) atoms. The molecular weight excluding hydrogens is 276 g/mol. The molecule has 0 bridgehead atoms. The maximum Gasteiger partial charge on any atom is 0.412 e. The molecule has 2 amide bonds. The summed E-state index contributed by atoms with van der Waals surface area (Å²) in [6, 6.07) is 6.82. The first-order valence-electron chi connectivity index (χ1n) is 6.53. The molecule has 0 atom stereocenters. The van der Waals surface area contributed by atoms with Crippen molar-refractivity contribution in [3.8, 4) is 5.75 Å².